The number of nitrogens with two attached hydrogens (primary N) is 1. The highest BCUT2D eigenvalue weighted by Gasteiger charge is 2.22. The van der Waals surface area contributed by atoms with E-state index in [2.05, 4.69) is 11.1 Å². The molecule has 1 heterocycles. The zero-order valence-corrected chi connectivity index (χ0v) is 15.5. The fraction of sp³-hybridized carbons (Fsp3) is 0.455. The number of fused-ring (bicyclic) bond motifs is 1. The maximum Gasteiger partial charge on any atom is 0.142 e. The quantitative estimate of drug-likeness (QED) is 0.701. The molecular weight excluding hydrogens is 344 g/mol. The van der Waals surface area contributed by atoms with Crippen molar-refractivity contribution in [2.75, 3.05) is 5.73 Å². The van der Waals surface area contributed by atoms with Crippen LogP contribution in [0.4, 0.5) is 14.6 Å². The average molecular weight is 369 g/mol. The van der Waals surface area contributed by atoms with E-state index in [1.165, 1.54) is 25.7 Å². The Morgan fingerprint density at radius 2 is 1.56 bits per heavy atom. The van der Waals surface area contributed by atoms with Gasteiger partial charge in [0.05, 0.1) is 0 Å². The van der Waals surface area contributed by atoms with Gasteiger partial charge in [0.2, 0.25) is 0 Å². The number of anilines is 1. The summed E-state index contributed by atoms with van der Waals surface area (Å²) in [6.45, 7) is 0. The van der Waals surface area contributed by atoms with Gasteiger partial charge in [-0.05, 0) is 49.4 Å². The van der Waals surface area contributed by atoms with Gasteiger partial charge in [0.1, 0.15) is 29.1 Å². The summed E-state index contributed by atoms with van der Waals surface area (Å²) in [5.74, 6) is -0.985. The lowest BCUT2D eigenvalue weighted by molar-refractivity contribution is 0.557. The molecule has 0 aliphatic heterocycles. The third-order valence-electron chi connectivity index (χ3n) is 5.31. The molecular formula is C22H25F2N3. The van der Waals surface area contributed by atoms with E-state index in [4.69, 9.17) is 5.73 Å². The van der Waals surface area contributed by atoms with Crippen LogP contribution in [0.2, 0.25) is 0 Å². The van der Waals surface area contributed by atoms with Gasteiger partial charge >= 0.3 is 0 Å². The van der Waals surface area contributed by atoms with Gasteiger partial charge in [0, 0.05) is 16.8 Å². The van der Waals surface area contributed by atoms with E-state index in [1.54, 1.807) is 0 Å². The number of nitrogen functional groups attached to an aromatic ring is 1. The summed E-state index contributed by atoms with van der Waals surface area (Å²) >= 11 is 0. The molecule has 0 bridgehead atoms. The second kappa shape index (κ2) is 8.94. The van der Waals surface area contributed by atoms with Crippen LogP contribution < -0.4 is 5.73 Å². The maximum absolute atomic E-state index is 14.6. The van der Waals surface area contributed by atoms with Crippen LogP contribution in [0.15, 0.2) is 18.2 Å². The molecule has 1 aromatic heterocycles. The molecule has 0 saturated heterocycles. The Labute approximate surface area is 159 Å². The van der Waals surface area contributed by atoms with Crippen molar-refractivity contribution in [1.29, 1.82) is 5.26 Å². The van der Waals surface area contributed by atoms with Gasteiger partial charge in [-0.15, -0.1) is 0 Å². The van der Waals surface area contributed by atoms with E-state index < -0.39 is 11.6 Å². The Morgan fingerprint density at radius 1 is 0.926 bits per heavy atom. The van der Waals surface area contributed by atoms with E-state index >= 15 is 0 Å². The zero-order chi connectivity index (χ0) is 19.2. The van der Waals surface area contributed by atoms with Gasteiger partial charge in [-0.1, -0.05) is 38.5 Å². The Balaban J connectivity index is 2.17. The van der Waals surface area contributed by atoms with E-state index in [9.17, 15) is 14.0 Å². The molecule has 2 N–H and O–H groups in total. The maximum atomic E-state index is 14.6. The highest BCUT2D eigenvalue weighted by Crippen LogP contribution is 2.36. The molecule has 0 atom stereocenters. The van der Waals surface area contributed by atoms with Crippen molar-refractivity contribution in [2.45, 2.75) is 64.2 Å². The van der Waals surface area contributed by atoms with E-state index in [1.807, 2.05) is 0 Å². The third kappa shape index (κ3) is 4.44. The summed E-state index contributed by atoms with van der Waals surface area (Å²) in [7, 11) is 0. The lowest BCUT2D eigenvalue weighted by atomic mass is 9.88. The van der Waals surface area contributed by atoms with Gasteiger partial charge in [-0.3, -0.25) is 0 Å². The molecule has 0 unspecified atom stereocenters. The van der Waals surface area contributed by atoms with Crippen molar-refractivity contribution >= 4 is 5.82 Å². The number of aromatic nitrogens is 1. The first-order valence-corrected chi connectivity index (χ1v) is 9.78. The SMILES string of the molecule is N#Cc1c(N)nc2c(c1-c1cc(F)ccc1F)CCCCCCCCCC2. The van der Waals surface area contributed by atoms with Gasteiger partial charge in [-0.2, -0.15) is 5.26 Å². The summed E-state index contributed by atoms with van der Waals surface area (Å²) in [6, 6.07) is 5.41. The molecule has 0 amide bonds. The van der Waals surface area contributed by atoms with Crippen molar-refractivity contribution in [3.05, 3.63) is 46.7 Å². The first-order valence-electron chi connectivity index (χ1n) is 9.78. The number of pyridine rings is 1. The fourth-order valence-electron chi connectivity index (χ4n) is 3.92. The monoisotopic (exact) mass is 369 g/mol. The van der Waals surface area contributed by atoms with Crippen LogP contribution in [0, 0.1) is 23.0 Å². The van der Waals surface area contributed by atoms with Crippen LogP contribution in [-0.2, 0) is 12.8 Å². The van der Waals surface area contributed by atoms with Crippen molar-refractivity contribution in [3.63, 3.8) is 0 Å². The molecule has 1 aromatic carbocycles. The second-order valence-electron chi connectivity index (χ2n) is 7.24. The molecule has 3 nitrogen and oxygen atoms in total. The highest BCUT2D eigenvalue weighted by molar-refractivity contribution is 5.79. The standard InChI is InChI=1S/C22H25F2N3/c23-15-11-12-19(24)17(13-15)21-16-9-7-5-3-1-2-4-6-8-10-20(16)27-22(26)18(21)14-25/h11-13H,1-10H2,(H2,26,27). The van der Waals surface area contributed by atoms with Crippen LogP contribution in [0.1, 0.15) is 68.2 Å². The van der Waals surface area contributed by atoms with Gasteiger partial charge in [0.25, 0.3) is 0 Å². The minimum absolute atomic E-state index is 0.0991. The van der Waals surface area contributed by atoms with Gasteiger partial charge in [0.15, 0.2) is 0 Å². The summed E-state index contributed by atoms with van der Waals surface area (Å²) < 4.78 is 28.4. The molecule has 1 aliphatic carbocycles. The molecule has 0 radical (unpaired) electrons. The topological polar surface area (TPSA) is 62.7 Å². The van der Waals surface area contributed by atoms with Gasteiger partial charge in [-0.25, -0.2) is 13.8 Å². The molecule has 0 spiro atoms. The van der Waals surface area contributed by atoms with Crippen molar-refractivity contribution in [3.8, 4) is 17.2 Å². The number of benzene rings is 1. The zero-order valence-electron chi connectivity index (χ0n) is 15.5. The molecule has 0 fully saturated rings. The van der Waals surface area contributed by atoms with Crippen molar-refractivity contribution in [2.24, 2.45) is 0 Å². The van der Waals surface area contributed by atoms with E-state index in [0.717, 1.165) is 61.6 Å². The van der Waals surface area contributed by atoms with Gasteiger partial charge < -0.3 is 5.73 Å². The number of rotatable bonds is 1. The van der Waals surface area contributed by atoms with E-state index in [0.29, 0.717) is 12.0 Å². The number of halogens is 2. The Bertz CT molecular complexity index is 856. The molecule has 3 rings (SSSR count). The summed E-state index contributed by atoms with van der Waals surface area (Å²) in [6.07, 6.45) is 10.4. The third-order valence-corrected chi connectivity index (χ3v) is 5.31. The summed E-state index contributed by atoms with van der Waals surface area (Å²) in [4.78, 5) is 4.49. The van der Waals surface area contributed by atoms with Crippen molar-refractivity contribution in [1.82, 2.24) is 4.98 Å². The Kier molecular flexibility index (Phi) is 6.39. The van der Waals surface area contributed by atoms with Crippen LogP contribution in [0.25, 0.3) is 11.1 Å². The normalized spacial score (nSPS) is 15.9. The Morgan fingerprint density at radius 3 is 2.22 bits per heavy atom. The largest absolute Gasteiger partial charge is 0.383 e. The molecule has 2 aromatic rings. The number of nitrogens with zero attached hydrogens (tertiary/aromatic N) is 2. The Hall–Kier alpha value is -2.48. The number of nitriles is 1. The van der Waals surface area contributed by atoms with Crippen LogP contribution >= 0.6 is 0 Å². The molecule has 1 aliphatic rings. The average Bonchev–Trinajstić information content (AvgIpc) is 2.64. The molecule has 142 valence electrons. The summed E-state index contributed by atoms with van der Waals surface area (Å²) in [5, 5.41) is 9.64. The van der Waals surface area contributed by atoms with Crippen molar-refractivity contribution < 1.29 is 8.78 Å². The van der Waals surface area contributed by atoms with Crippen LogP contribution in [0.3, 0.4) is 0 Å². The van der Waals surface area contributed by atoms with E-state index in [-0.39, 0.29) is 16.9 Å². The number of aryl methyl sites for hydroxylation is 1. The highest BCUT2D eigenvalue weighted by atomic mass is 19.1. The molecule has 0 saturated carbocycles. The predicted octanol–water partition coefficient (Wildman–Crippen LogP) is 5.70. The first kappa shape index (κ1) is 19.3. The number of hydrogen-bond donors (Lipinski definition) is 1. The lowest BCUT2D eigenvalue weighted by Gasteiger charge is -2.19. The second-order valence-corrected chi connectivity index (χ2v) is 7.24. The molecule has 27 heavy (non-hydrogen) atoms. The van der Waals surface area contributed by atoms with Crippen LogP contribution in [-0.4, -0.2) is 4.98 Å². The summed E-state index contributed by atoms with van der Waals surface area (Å²) in [5.41, 5.74) is 8.39. The number of hydrogen-bond acceptors (Lipinski definition) is 3. The minimum Gasteiger partial charge on any atom is -0.383 e. The lowest BCUT2D eigenvalue weighted by Crippen LogP contribution is -2.09. The smallest absolute Gasteiger partial charge is 0.142 e. The molecule has 5 heteroatoms. The van der Waals surface area contributed by atoms with Crippen LogP contribution in [0.5, 0.6) is 0 Å². The first-order chi connectivity index (χ1) is 13.1. The fourth-order valence-corrected chi connectivity index (χ4v) is 3.92. The minimum atomic E-state index is -0.549. The predicted molar refractivity (Wildman–Crippen MR) is 103 cm³/mol.